The van der Waals surface area contributed by atoms with Gasteiger partial charge in [0.2, 0.25) is 6.10 Å². The van der Waals surface area contributed by atoms with Gasteiger partial charge in [-0.05, 0) is 12.1 Å². The number of rotatable bonds is 2. The summed E-state index contributed by atoms with van der Waals surface area (Å²) in [6.45, 7) is -0.216. The number of halogens is 1. The van der Waals surface area contributed by atoms with Crippen molar-refractivity contribution in [3.05, 3.63) is 30.1 Å². The maximum Gasteiger partial charge on any atom is 0.509 e. The van der Waals surface area contributed by atoms with Crippen LogP contribution in [-0.2, 0) is 14.3 Å². The van der Waals surface area contributed by atoms with E-state index in [1.807, 2.05) is 0 Å². The molecule has 1 saturated heterocycles. The molecule has 0 bridgehead atoms. The van der Waals surface area contributed by atoms with Crippen molar-refractivity contribution in [1.82, 2.24) is 0 Å². The van der Waals surface area contributed by atoms with Crippen molar-refractivity contribution < 1.29 is 28.2 Å². The zero-order valence-corrected chi connectivity index (χ0v) is 8.01. The molecule has 0 saturated carbocycles. The molecule has 6 heteroatoms. The zero-order valence-electron chi connectivity index (χ0n) is 8.01. The van der Waals surface area contributed by atoms with E-state index < -0.39 is 24.0 Å². The molecule has 1 aliphatic rings. The van der Waals surface area contributed by atoms with Crippen LogP contribution < -0.4 is 4.74 Å². The summed E-state index contributed by atoms with van der Waals surface area (Å²) in [7, 11) is 0. The summed E-state index contributed by atoms with van der Waals surface area (Å²) < 4.78 is 26.7. The van der Waals surface area contributed by atoms with Gasteiger partial charge in [-0.3, -0.25) is 0 Å². The minimum Gasteiger partial charge on any atom is -0.430 e. The third-order valence-corrected chi connectivity index (χ3v) is 1.90. The molecule has 0 aromatic heterocycles. The van der Waals surface area contributed by atoms with Gasteiger partial charge in [0, 0.05) is 0 Å². The van der Waals surface area contributed by atoms with Crippen LogP contribution in [0.1, 0.15) is 0 Å². The van der Waals surface area contributed by atoms with Crippen LogP contribution >= 0.6 is 0 Å². The number of cyclic esters (lactones) is 2. The summed E-state index contributed by atoms with van der Waals surface area (Å²) >= 11 is 0. The Morgan fingerprint density at radius 3 is 2.81 bits per heavy atom. The van der Waals surface area contributed by atoms with Crippen LogP contribution in [0.4, 0.5) is 9.18 Å². The van der Waals surface area contributed by atoms with E-state index in [1.54, 1.807) is 0 Å². The fourth-order valence-corrected chi connectivity index (χ4v) is 1.15. The van der Waals surface area contributed by atoms with Crippen molar-refractivity contribution in [1.29, 1.82) is 0 Å². The molecular weight excluding hydrogens is 219 g/mol. The maximum atomic E-state index is 13.1. The van der Waals surface area contributed by atoms with Crippen molar-refractivity contribution in [2.24, 2.45) is 0 Å². The average Bonchev–Trinajstić information content (AvgIpc) is 2.68. The van der Waals surface area contributed by atoms with E-state index in [0.29, 0.717) is 0 Å². The third kappa shape index (κ3) is 2.10. The largest absolute Gasteiger partial charge is 0.509 e. The number of carbonyl (C=O) groups is 2. The minimum absolute atomic E-state index is 0.213. The van der Waals surface area contributed by atoms with Gasteiger partial charge in [0.25, 0.3) is 0 Å². The molecule has 1 heterocycles. The van der Waals surface area contributed by atoms with Crippen molar-refractivity contribution in [2.75, 3.05) is 6.61 Å². The highest BCUT2D eigenvalue weighted by Crippen LogP contribution is 2.17. The summed E-state index contributed by atoms with van der Waals surface area (Å²) in [6.07, 6.45) is -2.07. The third-order valence-electron chi connectivity index (χ3n) is 1.90. The lowest BCUT2D eigenvalue weighted by atomic mass is 10.3. The van der Waals surface area contributed by atoms with Gasteiger partial charge in [0.15, 0.2) is 11.6 Å². The molecule has 16 heavy (non-hydrogen) atoms. The molecule has 1 atom stereocenters. The Hall–Kier alpha value is -2.11. The monoisotopic (exact) mass is 226 g/mol. The van der Waals surface area contributed by atoms with E-state index in [1.165, 1.54) is 18.2 Å². The predicted molar refractivity (Wildman–Crippen MR) is 48.3 cm³/mol. The number of hydrogen-bond acceptors (Lipinski definition) is 5. The van der Waals surface area contributed by atoms with Crippen LogP contribution in [0.5, 0.6) is 5.75 Å². The minimum atomic E-state index is -1.13. The summed E-state index contributed by atoms with van der Waals surface area (Å²) in [6, 6.07) is 5.43. The Labute approximate surface area is 89.7 Å². The van der Waals surface area contributed by atoms with Crippen LogP contribution in [0.2, 0.25) is 0 Å². The Balaban J connectivity index is 2.03. The van der Waals surface area contributed by atoms with Crippen LogP contribution in [0.25, 0.3) is 0 Å². The highest BCUT2D eigenvalue weighted by Gasteiger charge is 2.33. The molecule has 0 N–H and O–H groups in total. The summed E-state index contributed by atoms with van der Waals surface area (Å²) in [5.41, 5.74) is 0. The number of carbonyl (C=O) groups excluding carboxylic acids is 2. The summed E-state index contributed by atoms with van der Waals surface area (Å²) in [5.74, 6) is -1.74. The van der Waals surface area contributed by atoms with Gasteiger partial charge in [-0.2, -0.15) is 0 Å². The first-order valence-corrected chi connectivity index (χ1v) is 4.46. The molecule has 5 nitrogen and oxygen atoms in total. The first-order chi connectivity index (χ1) is 7.66. The van der Waals surface area contributed by atoms with Gasteiger partial charge in [-0.1, -0.05) is 12.1 Å². The topological polar surface area (TPSA) is 61.8 Å². The maximum absolute atomic E-state index is 13.1. The van der Waals surface area contributed by atoms with Crippen molar-refractivity contribution in [3.63, 3.8) is 0 Å². The van der Waals surface area contributed by atoms with Crippen LogP contribution in [-0.4, -0.2) is 24.8 Å². The Morgan fingerprint density at radius 2 is 2.19 bits per heavy atom. The van der Waals surface area contributed by atoms with Gasteiger partial charge in [0.1, 0.15) is 6.61 Å². The lowest BCUT2D eigenvalue weighted by Crippen LogP contribution is -2.28. The molecule has 1 aromatic rings. The second kappa shape index (κ2) is 4.18. The number of hydrogen-bond donors (Lipinski definition) is 0. The molecule has 1 aliphatic heterocycles. The number of ether oxygens (including phenoxy) is 3. The average molecular weight is 226 g/mol. The van der Waals surface area contributed by atoms with Crippen LogP contribution in [0, 0.1) is 5.82 Å². The predicted octanol–water partition coefficient (Wildman–Crippen LogP) is 1.27. The highest BCUT2D eigenvalue weighted by molar-refractivity contribution is 5.81. The fraction of sp³-hybridized carbons (Fsp3) is 0.200. The molecule has 0 radical (unpaired) electrons. The summed E-state index contributed by atoms with van der Waals surface area (Å²) in [5, 5.41) is 0. The van der Waals surface area contributed by atoms with E-state index in [2.05, 4.69) is 9.47 Å². The number of benzene rings is 1. The lowest BCUT2D eigenvalue weighted by molar-refractivity contribution is -0.142. The Kier molecular flexibility index (Phi) is 2.72. The zero-order chi connectivity index (χ0) is 11.5. The first-order valence-electron chi connectivity index (χ1n) is 4.46. The van der Waals surface area contributed by atoms with Gasteiger partial charge in [-0.25, -0.2) is 14.0 Å². The SMILES string of the molecule is O=C1OCC(C(=O)Oc2ccccc2F)O1. The fourth-order valence-electron chi connectivity index (χ4n) is 1.15. The molecule has 1 fully saturated rings. The van der Waals surface area contributed by atoms with Gasteiger partial charge in [0.05, 0.1) is 0 Å². The Bertz CT molecular complexity index is 431. The smallest absolute Gasteiger partial charge is 0.430 e. The second-order valence-electron chi connectivity index (χ2n) is 3.02. The Morgan fingerprint density at radius 1 is 1.44 bits per heavy atom. The van der Waals surface area contributed by atoms with Crippen LogP contribution in [0.3, 0.4) is 0 Å². The van der Waals surface area contributed by atoms with Crippen LogP contribution in [0.15, 0.2) is 24.3 Å². The normalized spacial score (nSPS) is 18.8. The second-order valence-corrected chi connectivity index (χ2v) is 3.02. The molecule has 0 spiro atoms. The molecule has 2 rings (SSSR count). The van der Waals surface area contributed by atoms with E-state index in [4.69, 9.17) is 4.74 Å². The standard InChI is InChI=1S/C10H7FO5/c11-6-3-1-2-4-7(6)15-9(12)8-5-14-10(13)16-8/h1-4,8H,5H2. The van der Waals surface area contributed by atoms with E-state index in [-0.39, 0.29) is 12.4 Å². The molecule has 84 valence electrons. The van der Waals surface area contributed by atoms with E-state index >= 15 is 0 Å². The van der Waals surface area contributed by atoms with E-state index in [9.17, 15) is 14.0 Å². The van der Waals surface area contributed by atoms with Gasteiger partial charge >= 0.3 is 12.1 Å². The van der Waals surface area contributed by atoms with Crippen molar-refractivity contribution in [3.8, 4) is 5.75 Å². The number of para-hydroxylation sites is 1. The molecule has 1 unspecified atom stereocenters. The number of esters is 1. The highest BCUT2D eigenvalue weighted by atomic mass is 19.1. The van der Waals surface area contributed by atoms with E-state index in [0.717, 1.165) is 6.07 Å². The van der Waals surface area contributed by atoms with Gasteiger partial charge < -0.3 is 14.2 Å². The molecule has 0 amide bonds. The van der Waals surface area contributed by atoms with Crippen molar-refractivity contribution in [2.45, 2.75) is 6.10 Å². The van der Waals surface area contributed by atoms with Gasteiger partial charge in [-0.15, -0.1) is 0 Å². The molecule has 0 aliphatic carbocycles. The quantitative estimate of drug-likeness (QED) is 0.561. The van der Waals surface area contributed by atoms with Crippen molar-refractivity contribution >= 4 is 12.1 Å². The molecular formula is C10H7FO5. The lowest BCUT2D eigenvalue weighted by Gasteiger charge is -2.07. The molecule has 1 aromatic carbocycles. The summed E-state index contributed by atoms with van der Waals surface area (Å²) in [4.78, 5) is 21.9. The first kappa shape index (κ1) is 10.4.